The van der Waals surface area contributed by atoms with Crippen LogP contribution in [0.1, 0.15) is 10.4 Å². The first-order chi connectivity index (χ1) is 14.9. The first-order valence-corrected chi connectivity index (χ1v) is 12.6. The van der Waals surface area contributed by atoms with Gasteiger partial charge in [0.1, 0.15) is 0 Å². The molecule has 160 valence electrons. The average molecular weight is 584 g/mol. The Morgan fingerprint density at radius 1 is 0.968 bits per heavy atom. The van der Waals surface area contributed by atoms with Crippen LogP contribution in [0.4, 0.5) is 5.13 Å². The summed E-state index contributed by atoms with van der Waals surface area (Å²) in [6, 6.07) is 14.5. The monoisotopic (exact) mass is 582 g/mol. The lowest BCUT2D eigenvalue weighted by Crippen LogP contribution is -2.18. The fourth-order valence-electron chi connectivity index (χ4n) is 2.37. The molecule has 6 nitrogen and oxygen atoms in total. The van der Waals surface area contributed by atoms with Crippen LogP contribution in [0.2, 0.25) is 0 Å². The minimum Gasteiger partial charge on any atom is -0.457 e. The number of esters is 1. The molecule has 0 saturated heterocycles. The number of aromatic nitrogens is 1. The molecule has 0 atom stereocenters. The summed E-state index contributed by atoms with van der Waals surface area (Å²) in [5, 5.41) is 5.08. The van der Waals surface area contributed by atoms with Gasteiger partial charge in [-0.3, -0.25) is 14.4 Å². The summed E-state index contributed by atoms with van der Waals surface area (Å²) in [6.45, 7) is -0.328. The smallest absolute Gasteiger partial charge is 0.316 e. The molecule has 1 aromatic heterocycles. The standard InChI is InChI=1S/C21H16Br2N2O4S2/c22-15-5-1-13(2-6-15)17-10-31-21(24-17)25-19(27)11-30-12-20(28)29-9-18(26)14-3-7-16(23)8-4-14/h1-8,10H,9,11-12H2,(H,24,25,27). The number of nitrogens with one attached hydrogen (secondary N) is 1. The van der Waals surface area contributed by atoms with Crippen LogP contribution in [0.15, 0.2) is 62.9 Å². The molecule has 0 aliphatic rings. The van der Waals surface area contributed by atoms with E-state index < -0.39 is 5.97 Å². The van der Waals surface area contributed by atoms with Gasteiger partial charge in [0, 0.05) is 25.5 Å². The van der Waals surface area contributed by atoms with Gasteiger partial charge in [0.25, 0.3) is 0 Å². The van der Waals surface area contributed by atoms with Gasteiger partial charge in [0.05, 0.1) is 17.2 Å². The zero-order valence-corrected chi connectivity index (χ0v) is 20.8. The molecule has 0 aliphatic carbocycles. The normalized spacial score (nSPS) is 10.5. The third-order valence-corrected chi connectivity index (χ3v) is 6.60. The van der Waals surface area contributed by atoms with E-state index in [0.717, 1.165) is 32.0 Å². The second kappa shape index (κ2) is 11.6. The predicted molar refractivity (Wildman–Crippen MR) is 131 cm³/mol. The maximum atomic E-state index is 12.1. The summed E-state index contributed by atoms with van der Waals surface area (Å²) in [6.07, 6.45) is 0. The van der Waals surface area contributed by atoms with Crippen LogP contribution in [0.5, 0.6) is 0 Å². The average Bonchev–Trinajstić information content (AvgIpc) is 3.21. The van der Waals surface area contributed by atoms with E-state index in [2.05, 4.69) is 42.2 Å². The van der Waals surface area contributed by atoms with Crippen molar-refractivity contribution in [1.29, 1.82) is 0 Å². The molecule has 0 bridgehead atoms. The summed E-state index contributed by atoms with van der Waals surface area (Å²) in [4.78, 5) is 40.3. The molecular weight excluding hydrogens is 568 g/mol. The highest BCUT2D eigenvalue weighted by Crippen LogP contribution is 2.26. The number of hydrogen-bond acceptors (Lipinski definition) is 7. The zero-order valence-electron chi connectivity index (χ0n) is 16.0. The fourth-order valence-corrected chi connectivity index (χ4v) is 4.25. The topological polar surface area (TPSA) is 85.4 Å². The number of thiazole rings is 1. The second-order valence-corrected chi connectivity index (χ2v) is 9.85. The third kappa shape index (κ3) is 7.57. The van der Waals surface area contributed by atoms with Crippen LogP contribution in [0, 0.1) is 0 Å². The Morgan fingerprint density at radius 3 is 2.29 bits per heavy atom. The number of amides is 1. The number of carbonyl (C=O) groups excluding carboxylic acids is 3. The number of halogens is 2. The van der Waals surface area contributed by atoms with E-state index in [1.807, 2.05) is 29.6 Å². The minimum absolute atomic E-state index is 0.0248. The molecule has 0 spiro atoms. The molecule has 31 heavy (non-hydrogen) atoms. The molecule has 3 aromatic rings. The lowest BCUT2D eigenvalue weighted by atomic mass is 10.1. The number of hydrogen-bond donors (Lipinski definition) is 1. The lowest BCUT2D eigenvalue weighted by molar-refractivity contribution is -0.139. The number of benzene rings is 2. The highest BCUT2D eigenvalue weighted by Gasteiger charge is 2.12. The number of nitrogens with zero attached hydrogens (tertiary/aromatic N) is 1. The first-order valence-electron chi connectivity index (χ1n) is 8.94. The van der Waals surface area contributed by atoms with Crippen LogP contribution in [0.25, 0.3) is 11.3 Å². The Hall–Kier alpha value is -2.01. The van der Waals surface area contributed by atoms with E-state index in [-0.39, 0.29) is 29.8 Å². The third-order valence-electron chi connectivity index (χ3n) is 3.87. The Labute approximate surface area is 204 Å². The van der Waals surface area contributed by atoms with Crippen LogP contribution in [0.3, 0.4) is 0 Å². The number of thioether (sulfide) groups is 1. The van der Waals surface area contributed by atoms with Gasteiger partial charge < -0.3 is 10.1 Å². The van der Waals surface area contributed by atoms with Crippen molar-refractivity contribution >= 4 is 77.7 Å². The van der Waals surface area contributed by atoms with E-state index >= 15 is 0 Å². The maximum Gasteiger partial charge on any atom is 0.316 e. The minimum atomic E-state index is -0.546. The number of Topliss-reactive ketones (excluding diaryl/α,β-unsaturated/α-hetero) is 1. The van der Waals surface area contributed by atoms with Gasteiger partial charge in [-0.15, -0.1) is 23.1 Å². The van der Waals surface area contributed by atoms with Gasteiger partial charge in [-0.2, -0.15) is 0 Å². The molecule has 3 rings (SSSR count). The highest BCUT2D eigenvalue weighted by molar-refractivity contribution is 9.10. The molecule has 0 aliphatic heterocycles. The molecule has 2 aromatic carbocycles. The number of ketones is 1. The summed E-state index contributed by atoms with van der Waals surface area (Å²) >= 11 is 9.13. The molecule has 1 amide bonds. The maximum absolute atomic E-state index is 12.1. The van der Waals surface area contributed by atoms with Crippen molar-refractivity contribution in [2.45, 2.75) is 0 Å². The van der Waals surface area contributed by atoms with Crippen molar-refractivity contribution in [3.63, 3.8) is 0 Å². The van der Waals surface area contributed by atoms with Crippen molar-refractivity contribution in [2.75, 3.05) is 23.4 Å². The SMILES string of the molecule is O=C(CSCC(=O)OCC(=O)c1ccc(Br)cc1)Nc1nc(-c2ccc(Br)cc2)cs1. The number of rotatable bonds is 9. The van der Waals surface area contributed by atoms with E-state index in [4.69, 9.17) is 4.74 Å². The Balaban J connectivity index is 1.37. The number of anilines is 1. The Kier molecular flexibility index (Phi) is 8.82. The molecule has 1 heterocycles. The Bertz CT molecular complexity index is 1070. The van der Waals surface area contributed by atoms with Gasteiger partial charge in [-0.25, -0.2) is 4.98 Å². The van der Waals surface area contributed by atoms with E-state index in [1.165, 1.54) is 11.3 Å². The van der Waals surface area contributed by atoms with Crippen molar-refractivity contribution < 1.29 is 19.1 Å². The van der Waals surface area contributed by atoms with Crippen LogP contribution in [-0.4, -0.2) is 40.8 Å². The molecule has 0 unspecified atom stereocenters. The summed E-state index contributed by atoms with van der Waals surface area (Å²) in [5.74, 6) is -1.05. The molecular formula is C21H16Br2N2O4S2. The predicted octanol–water partition coefficient (Wildman–Crippen LogP) is 5.43. The quantitative estimate of drug-likeness (QED) is 0.267. The Morgan fingerprint density at radius 2 is 1.61 bits per heavy atom. The van der Waals surface area contributed by atoms with Crippen LogP contribution >= 0.6 is 55.0 Å². The van der Waals surface area contributed by atoms with Gasteiger partial charge in [0.2, 0.25) is 5.91 Å². The van der Waals surface area contributed by atoms with E-state index in [1.54, 1.807) is 24.3 Å². The zero-order chi connectivity index (χ0) is 22.2. The fraction of sp³-hybridized carbons (Fsp3) is 0.143. The van der Waals surface area contributed by atoms with E-state index in [0.29, 0.717) is 10.7 Å². The molecule has 0 fully saturated rings. The first kappa shape index (κ1) is 23.6. The molecule has 10 heteroatoms. The number of ether oxygens (including phenoxy) is 1. The lowest BCUT2D eigenvalue weighted by Gasteiger charge is -2.05. The summed E-state index contributed by atoms with van der Waals surface area (Å²) in [5.41, 5.74) is 2.20. The van der Waals surface area contributed by atoms with Crippen LogP contribution in [-0.2, 0) is 14.3 Å². The van der Waals surface area contributed by atoms with Gasteiger partial charge >= 0.3 is 5.97 Å². The molecule has 0 saturated carbocycles. The van der Waals surface area contributed by atoms with Crippen molar-refractivity contribution in [1.82, 2.24) is 4.98 Å². The molecule has 1 N–H and O–H groups in total. The van der Waals surface area contributed by atoms with Crippen molar-refractivity contribution in [2.24, 2.45) is 0 Å². The van der Waals surface area contributed by atoms with Gasteiger partial charge in [-0.05, 0) is 24.3 Å². The van der Waals surface area contributed by atoms with Gasteiger partial charge in [-0.1, -0.05) is 56.1 Å². The van der Waals surface area contributed by atoms with Crippen molar-refractivity contribution in [3.05, 3.63) is 68.4 Å². The second-order valence-electron chi connectivity index (χ2n) is 6.18. The highest BCUT2D eigenvalue weighted by atomic mass is 79.9. The summed E-state index contributed by atoms with van der Waals surface area (Å²) in [7, 11) is 0. The van der Waals surface area contributed by atoms with Crippen molar-refractivity contribution in [3.8, 4) is 11.3 Å². The number of carbonyl (C=O) groups is 3. The summed E-state index contributed by atoms with van der Waals surface area (Å²) < 4.78 is 6.82. The van der Waals surface area contributed by atoms with Crippen LogP contribution < -0.4 is 5.32 Å². The van der Waals surface area contributed by atoms with Gasteiger partial charge in [0.15, 0.2) is 17.5 Å². The van der Waals surface area contributed by atoms with E-state index in [9.17, 15) is 14.4 Å². The largest absolute Gasteiger partial charge is 0.457 e. The molecule has 0 radical (unpaired) electrons.